The lowest BCUT2D eigenvalue weighted by Crippen LogP contribution is -2.24. The smallest absolute Gasteiger partial charge is 0.263 e. The van der Waals surface area contributed by atoms with Crippen LogP contribution >= 0.6 is 34.8 Å². The van der Waals surface area contributed by atoms with E-state index in [2.05, 4.69) is 10.6 Å². The van der Waals surface area contributed by atoms with E-state index >= 15 is 0 Å². The Morgan fingerprint density at radius 3 is 2.58 bits per heavy atom. The van der Waals surface area contributed by atoms with E-state index in [1.807, 2.05) is 12.1 Å². The van der Waals surface area contributed by atoms with Gasteiger partial charge in [-0.05, 0) is 29.8 Å². The lowest BCUT2D eigenvalue weighted by atomic mass is 10.2. The molecule has 2 aromatic carbocycles. The molecule has 0 saturated carbocycles. The van der Waals surface area contributed by atoms with Crippen molar-refractivity contribution in [2.24, 2.45) is 0 Å². The highest BCUT2D eigenvalue weighted by Crippen LogP contribution is 2.25. The molecule has 2 rings (SSSR count). The van der Waals surface area contributed by atoms with Crippen molar-refractivity contribution in [1.29, 1.82) is 5.26 Å². The third kappa shape index (κ3) is 4.90. The molecule has 0 unspecified atom stereocenters. The third-order valence-corrected chi connectivity index (χ3v) is 4.00. The van der Waals surface area contributed by atoms with E-state index in [0.29, 0.717) is 20.8 Å². The van der Waals surface area contributed by atoms with Crippen LogP contribution in [0.3, 0.4) is 0 Å². The molecule has 0 spiro atoms. The van der Waals surface area contributed by atoms with Gasteiger partial charge in [0.1, 0.15) is 11.6 Å². The summed E-state index contributed by atoms with van der Waals surface area (Å²) in [5, 5.41) is 16.0. The maximum Gasteiger partial charge on any atom is 0.263 e. The van der Waals surface area contributed by atoms with E-state index in [9.17, 15) is 4.79 Å². The van der Waals surface area contributed by atoms with Crippen LogP contribution in [0.4, 0.5) is 5.69 Å². The van der Waals surface area contributed by atoms with Gasteiger partial charge in [-0.3, -0.25) is 4.79 Å². The molecule has 0 heterocycles. The number of hydrogen-bond donors (Lipinski definition) is 2. The molecular formula is C17H12Cl3N3O. The SMILES string of the molecule is N#C/C(=C/Nc1cc(Cl)ccc1Cl)C(=O)NCc1ccccc1Cl. The number of hydrogen-bond acceptors (Lipinski definition) is 3. The number of nitrogens with one attached hydrogen (secondary N) is 2. The molecule has 0 aliphatic heterocycles. The van der Waals surface area contributed by atoms with Crippen LogP contribution < -0.4 is 10.6 Å². The molecule has 7 heteroatoms. The molecule has 2 N–H and O–H groups in total. The number of halogens is 3. The van der Waals surface area contributed by atoms with Gasteiger partial charge in [0.05, 0.1) is 10.7 Å². The summed E-state index contributed by atoms with van der Waals surface area (Å²) in [6.45, 7) is 0.218. The van der Waals surface area contributed by atoms with Gasteiger partial charge >= 0.3 is 0 Å². The monoisotopic (exact) mass is 379 g/mol. The number of anilines is 1. The Hall–Kier alpha value is -2.19. The van der Waals surface area contributed by atoms with E-state index in [1.165, 1.54) is 6.20 Å². The molecule has 0 aliphatic carbocycles. The second kappa shape index (κ2) is 8.60. The standard InChI is InChI=1S/C17H12Cl3N3O/c18-13-5-6-15(20)16(7-13)22-10-12(8-21)17(24)23-9-11-3-1-2-4-14(11)19/h1-7,10,22H,9H2,(H,23,24)/b12-10-. The quantitative estimate of drug-likeness (QED) is 0.579. The maximum absolute atomic E-state index is 12.1. The number of rotatable bonds is 5. The zero-order valence-electron chi connectivity index (χ0n) is 12.3. The minimum Gasteiger partial charge on any atom is -0.359 e. The molecule has 0 aromatic heterocycles. The highest BCUT2D eigenvalue weighted by atomic mass is 35.5. The molecule has 0 atom stereocenters. The Morgan fingerprint density at radius 1 is 1.12 bits per heavy atom. The number of carbonyl (C=O) groups excluding carboxylic acids is 1. The van der Waals surface area contributed by atoms with Crippen LogP contribution in [-0.2, 0) is 11.3 Å². The highest BCUT2D eigenvalue weighted by Gasteiger charge is 2.10. The molecule has 0 radical (unpaired) electrons. The summed E-state index contributed by atoms with van der Waals surface area (Å²) in [5.41, 5.74) is 1.16. The number of nitrogens with zero attached hydrogens (tertiary/aromatic N) is 1. The van der Waals surface area contributed by atoms with Crippen LogP contribution in [0.25, 0.3) is 0 Å². The fourth-order valence-corrected chi connectivity index (χ4v) is 2.37. The second-order valence-electron chi connectivity index (χ2n) is 4.71. The highest BCUT2D eigenvalue weighted by molar-refractivity contribution is 6.35. The first-order valence-electron chi connectivity index (χ1n) is 6.84. The molecular weight excluding hydrogens is 369 g/mol. The Labute approximate surface area is 154 Å². The van der Waals surface area contributed by atoms with Crippen LogP contribution in [0.2, 0.25) is 15.1 Å². The van der Waals surface area contributed by atoms with Crippen LogP contribution in [0.1, 0.15) is 5.56 Å². The van der Waals surface area contributed by atoms with E-state index in [1.54, 1.807) is 36.4 Å². The Morgan fingerprint density at radius 2 is 1.88 bits per heavy atom. The van der Waals surface area contributed by atoms with Crippen LogP contribution in [0.5, 0.6) is 0 Å². The lowest BCUT2D eigenvalue weighted by molar-refractivity contribution is -0.117. The number of benzene rings is 2. The minimum atomic E-state index is -0.525. The first-order valence-corrected chi connectivity index (χ1v) is 7.98. The molecule has 0 aliphatic rings. The summed E-state index contributed by atoms with van der Waals surface area (Å²) in [4.78, 5) is 12.1. The molecule has 24 heavy (non-hydrogen) atoms. The number of carbonyl (C=O) groups is 1. The second-order valence-corrected chi connectivity index (χ2v) is 5.96. The van der Waals surface area contributed by atoms with Crippen LogP contribution in [-0.4, -0.2) is 5.91 Å². The molecule has 4 nitrogen and oxygen atoms in total. The molecule has 0 bridgehead atoms. The van der Waals surface area contributed by atoms with Gasteiger partial charge in [0.2, 0.25) is 0 Å². The van der Waals surface area contributed by atoms with Gasteiger partial charge in [-0.2, -0.15) is 5.26 Å². The van der Waals surface area contributed by atoms with Gasteiger partial charge in [-0.1, -0.05) is 53.0 Å². The van der Waals surface area contributed by atoms with E-state index < -0.39 is 5.91 Å². The van der Waals surface area contributed by atoms with E-state index in [0.717, 1.165) is 5.56 Å². The summed E-state index contributed by atoms with van der Waals surface area (Å²) in [6.07, 6.45) is 1.28. The van der Waals surface area contributed by atoms with E-state index in [-0.39, 0.29) is 12.1 Å². The van der Waals surface area contributed by atoms with Crippen molar-refractivity contribution >= 4 is 46.4 Å². The van der Waals surface area contributed by atoms with Crippen molar-refractivity contribution in [2.45, 2.75) is 6.54 Å². The predicted octanol–water partition coefficient (Wildman–Crippen LogP) is 4.78. The topological polar surface area (TPSA) is 64.9 Å². The molecule has 2 aromatic rings. The van der Waals surface area contributed by atoms with E-state index in [4.69, 9.17) is 40.1 Å². The summed E-state index contributed by atoms with van der Waals surface area (Å²) in [7, 11) is 0. The average molecular weight is 381 g/mol. The van der Waals surface area contributed by atoms with Crippen molar-refractivity contribution < 1.29 is 4.79 Å². The Balaban J connectivity index is 2.05. The average Bonchev–Trinajstić information content (AvgIpc) is 2.57. The molecule has 122 valence electrons. The van der Waals surface area contributed by atoms with Crippen molar-refractivity contribution in [3.05, 3.63) is 74.9 Å². The number of nitriles is 1. The molecule has 1 amide bonds. The summed E-state index contributed by atoms with van der Waals surface area (Å²) >= 11 is 17.9. The third-order valence-electron chi connectivity index (χ3n) is 3.06. The first-order chi connectivity index (χ1) is 11.5. The van der Waals surface area contributed by atoms with Gasteiger partial charge in [0.15, 0.2) is 0 Å². The summed E-state index contributed by atoms with van der Waals surface area (Å²) in [6, 6.07) is 13.8. The van der Waals surface area contributed by atoms with Crippen LogP contribution in [0.15, 0.2) is 54.2 Å². The van der Waals surface area contributed by atoms with Crippen molar-refractivity contribution in [3.63, 3.8) is 0 Å². The van der Waals surface area contributed by atoms with Crippen molar-refractivity contribution in [2.75, 3.05) is 5.32 Å². The number of amides is 1. The zero-order valence-corrected chi connectivity index (χ0v) is 14.6. The Bertz CT molecular complexity index is 828. The van der Waals surface area contributed by atoms with Crippen molar-refractivity contribution in [3.8, 4) is 6.07 Å². The summed E-state index contributed by atoms with van der Waals surface area (Å²) in [5.74, 6) is -0.525. The molecule has 0 saturated heterocycles. The van der Waals surface area contributed by atoms with Crippen LogP contribution in [0, 0.1) is 11.3 Å². The minimum absolute atomic E-state index is 0.0990. The molecule has 0 fully saturated rings. The van der Waals surface area contributed by atoms with Gasteiger partial charge in [0, 0.05) is 22.8 Å². The predicted molar refractivity (Wildman–Crippen MR) is 97.1 cm³/mol. The largest absolute Gasteiger partial charge is 0.359 e. The zero-order chi connectivity index (χ0) is 17.5. The normalized spacial score (nSPS) is 10.8. The first kappa shape index (κ1) is 18.2. The lowest BCUT2D eigenvalue weighted by Gasteiger charge is -2.07. The van der Waals surface area contributed by atoms with Gasteiger partial charge in [-0.15, -0.1) is 0 Å². The van der Waals surface area contributed by atoms with Gasteiger partial charge in [0.25, 0.3) is 5.91 Å². The van der Waals surface area contributed by atoms with Crippen molar-refractivity contribution in [1.82, 2.24) is 5.32 Å². The fraction of sp³-hybridized carbons (Fsp3) is 0.0588. The maximum atomic E-state index is 12.1. The fourth-order valence-electron chi connectivity index (χ4n) is 1.82. The van der Waals surface area contributed by atoms with Gasteiger partial charge < -0.3 is 10.6 Å². The Kier molecular flexibility index (Phi) is 6.51. The summed E-state index contributed by atoms with van der Waals surface area (Å²) < 4.78 is 0. The van der Waals surface area contributed by atoms with Gasteiger partial charge in [-0.25, -0.2) is 0 Å².